The van der Waals surface area contributed by atoms with E-state index in [1.807, 2.05) is 6.92 Å². The number of nitrogens with one attached hydrogen (secondary N) is 1. The van der Waals surface area contributed by atoms with Crippen LogP contribution in [0.5, 0.6) is 0 Å². The van der Waals surface area contributed by atoms with Gasteiger partial charge in [-0.25, -0.2) is 4.79 Å². The molecule has 3 rings (SSSR count). The molecule has 21 heavy (non-hydrogen) atoms. The van der Waals surface area contributed by atoms with Crippen molar-refractivity contribution in [2.45, 2.75) is 57.3 Å². The summed E-state index contributed by atoms with van der Waals surface area (Å²) in [7, 11) is 0. The predicted octanol–water partition coefficient (Wildman–Crippen LogP) is 1.29. The van der Waals surface area contributed by atoms with E-state index in [4.69, 9.17) is 9.47 Å². The van der Waals surface area contributed by atoms with Gasteiger partial charge in [-0.15, -0.1) is 0 Å². The Bertz CT molecular complexity index is 406. The molecule has 0 saturated carbocycles. The molecule has 3 heterocycles. The molecule has 0 aliphatic carbocycles. The second-order valence-corrected chi connectivity index (χ2v) is 6.51. The number of hydrogen-bond acceptors (Lipinski definition) is 4. The number of ether oxygens (including phenoxy) is 2. The van der Waals surface area contributed by atoms with Crippen LogP contribution in [-0.2, 0) is 14.3 Å². The van der Waals surface area contributed by atoms with E-state index >= 15 is 0 Å². The number of imide groups is 1. The molecule has 0 spiro atoms. The van der Waals surface area contributed by atoms with Crippen molar-refractivity contribution < 1.29 is 19.1 Å². The van der Waals surface area contributed by atoms with Crippen LogP contribution < -0.4 is 5.32 Å². The Balaban J connectivity index is 1.46. The topological polar surface area (TPSA) is 74.5 Å². The highest BCUT2D eigenvalue weighted by molar-refractivity contribution is 6.02. The molecular weight excluding hydrogens is 272 g/mol. The average Bonchev–Trinajstić information content (AvgIpc) is 3.32. The Morgan fingerprint density at radius 2 is 2.00 bits per heavy atom. The van der Waals surface area contributed by atoms with Gasteiger partial charge in [-0.3, -0.25) is 10.1 Å². The van der Waals surface area contributed by atoms with Crippen LogP contribution in [0.3, 0.4) is 0 Å². The molecular formula is C15H24N2O4. The van der Waals surface area contributed by atoms with E-state index < -0.39 is 0 Å². The third-order valence-corrected chi connectivity index (χ3v) is 4.57. The summed E-state index contributed by atoms with van der Waals surface area (Å²) in [5, 5.41) is 2.35. The first-order valence-electron chi connectivity index (χ1n) is 7.95. The lowest BCUT2D eigenvalue weighted by molar-refractivity contribution is -0.118. The number of carbonyl (C=O) groups excluding carboxylic acids is 2. The van der Waals surface area contributed by atoms with E-state index in [9.17, 15) is 9.59 Å². The van der Waals surface area contributed by atoms with Crippen LogP contribution in [0.25, 0.3) is 0 Å². The smallest absolute Gasteiger partial charge is 0.324 e. The van der Waals surface area contributed by atoms with Gasteiger partial charge in [-0.05, 0) is 32.1 Å². The molecule has 3 amide bonds. The predicted molar refractivity (Wildman–Crippen MR) is 75.8 cm³/mol. The summed E-state index contributed by atoms with van der Waals surface area (Å²) in [5.41, 5.74) is 0. The van der Waals surface area contributed by atoms with E-state index in [1.165, 1.54) is 6.42 Å². The van der Waals surface area contributed by atoms with Crippen LogP contribution in [0, 0.1) is 5.92 Å². The maximum Gasteiger partial charge on any atom is 0.324 e. The Morgan fingerprint density at radius 3 is 2.57 bits per heavy atom. The van der Waals surface area contributed by atoms with Crippen molar-refractivity contribution in [3.63, 3.8) is 0 Å². The van der Waals surface area contributed by atoms with Gasteiger partial charge in [0.1, 0.15) is 6.54 Å². The standard InChI is InChI=1S/C15H24N2O4/c1-10(17-7-14(18)16-15(17)19)5-11(6-13-9-21-13)3-2-4-12-8-20-12/h10-13H,2-9H2,1H3,(H,16,18,19). The highest BCUT2D eigenvalue weighted by Gasteiger charge is 2.33. The number of rotatable bonds is 9. The Kier molecular flexibility index (Phi) is 4.45. The lowest BCUT2D eigenvalue weighted by Gasteiger charge is -2.26. The van der Waals surface area contributed by atoms with Crippen molar-refractivity contribution >= 4 is 11.9 Å². The van der Waals surface area contributed by atoms with Crippen LogP contribution in [0.1, 0.15) is 39.0 Å². The van der Waals surface area contributed by atoms with Gasteiger partial charge in [0, 0.05) is 6.04 Å². The number of hydrogen-bond donors (Lipinski definition) is 1. The summed E-state index contributed by atoms with van der Waals surface area (Å²) < 4.78 is 10.6. The van der Waals surface area contributed by atoms with Gasteiger partial charge >= 0.3 is 6.03 Å². The van der Waals surface area contributed by atoms with Crippen molar-refractivity contribution in [2.24, 2.45) is 5.92 Å². The van der Waals surface area contributed by atoms with E-state index in [0.717, 1.165) is 38.9 Å². The van der Waals surface area contributed by atoms with Crippen LogP contribution >= 0.6 is 0 Å². The molecule has 0 radical (unpaired) electrons. The lowest BCUT2D eigenvalue weighted by atomic mass is 9.90. The fourth-order valence-electron chi connectivity index (χ4n) is 3.20. The minimum atomic E-state index is -0.250. The summed E-state index contributed by atoms with van der Waals surface area (Å²) in [4.78, 5) is 24.6. The molecule has 3 aliphatic rings. The Labute approximate surface area is 125 Å². The molecule has 118 valence electrons. The third kappa shape index (κ3) is 4.41. The lowest BCUT2D eigenvalue weighted by Crippen LogP contribution is -2.37. The molecule has 0 aromatic carbocycles. The maximum atomic E-state index is 11.7. The zero-order chi connectivity index (χ0) is 14.8. The first kappa shape index (κ1) is 14.8. The van der Waals surface area contributed by atoms with Gasteiger partial charge in [0.05, 0.1) is 25.4 Å². The second-order valence-electron chi connectivity index (χ2n) is 6.51. The fourth-order valence-corrected chi connectivity index (χ4v) is 3.20. The van der Waals surface area contributed by atoms with E-state index in [2.05, 4.69) is 5.32 Å². The van der Waals surface area contributed by atoms with E-state index in [1.54, 1.807) is 4.90 Å². The van der Waals surface area contributed by atoms with Crippen molar-refractivity contribution in [3.05, 3.63) is 0 Å². The number of urea groups is 1. The largest absolute Gasteiger partial charge is 0.373 e. The van der Waals surface area contributed by atoms with Gasteiger partial charge in [0.2, 0.25) is 5.91 Å². The molecule has 3 aliphatic heterocycles. The number of nitrogens with zero attached hydrogens (tertiary/aromatic N) is 1. The number of carbonyl (C=O) groups is 2. The molecule has 6 heteroatoms. The quantitative estimate of drug-likeness (QED) is 0.514. The Hall–Kier alpha value is -1.14. The zero-order valence-electron chi connectivity index (χ0n) is 12.5. The average molecular weight is 296 g/mol. The molecule has 3 fully saturated rings. The van der Waals surface area contributed by atoms with Crippen molar-refractivity contribution in [2.75, 3.05) is 19.8 Å². The first-order valence-corrected chi connectivity index (χ1v) is 7.95. The van der Waals surface area contributed by atoms with Crippen LogP contribution in [-0.4, -0.2) is 54.8 Å². The fraction of sp³-hybridized carbons (Fsp3) is 0.867. The molecule has 4 unspecified atom stereocenters. The zero-order valence-corrected chi connectivity index (χ0v) is 12.5. The molecule has 4 atom stereocenters. The number of epoxide rings is 2. The van der Waals surface area contributed by atoms with E-state index in [-0.39, 0.29) is 24.5 Å². The summed E-state index contributed by atoms with van der Waals surface area (Å²) in [5.74, 6) is 0.356. The van der Waals surface area contributed by atoms with Gasteiger partial charge < -0.3 is 14.4 Å². The highest BCUT2D eigenvalue weighted by Crippen LogP contribution is 2.29. The first-order chi connectivity index (χ1) is 10.1. The minimum Gasteiger partial charge on any atom is -0.373 e. The second kappa shape index (κ2) is 6.32. The normalized spacial score (nSPS) is 30.2. The SMILES string of the molecule is CC(CC(CCCC1CO1)CC1CO1)N1CC(=O)NC1=O. The van der Waals surface area contributed by atoms with Crippen LogP contribution in [0.4, 0.5) is 4.79 Å². The molecule has 1 N–H and O–H groups in total. The van der Waals surface area contributed by atoms with Crippen LogP contribution in [0.2, 0.25) is 0 Å². The van der Waals surface area contributed by atoms with E-state index in [0.29, 0.717) is 18.1 Å². The summed E-state index contributed by atoms with van der Waals surface area (Å²) in [6.45, 7) is 4.02. The molecule has 3 saturated heterocycles. The van der Waals surface area contributed by atoms with Gasteiger partial charge in [-0.1, -0.05) is 12.8 Å². The highest BCUT2D eigenvalue weighted by atomic mass is 16.6. The monoisotopic (exact) mass is 296 g/mol. The van der Waals surface area contributed by atoms with Crippen molar-refractivity contribution in [3.8, 4) is 0 Å². The van der Waals surface area contributed by atoms with Gasteiger partial charge in [0.25, 0.3) is 0 Å². The summed E-state index contributed by atoms with van der Waals surface area (Å²) in [6.07, 6.45) is 6.35. The van der Waals surface area contributed by atoms with Gasteiger partial charge in [-0.2, -0.15) is 0 Å². The molecule has 0 bridgehead atoms. The molecule has 0 aromatic heterocycles. The third-order valence-electron chi connectivity index (χ3n) is 4.57. The van der Waals surface area contributed by atoms with Crippen LogP contribution in [0.15, 0.2) is 0 Å². The Morgan fingerprint density at radius 1 is 1.29 bits per heavy atom. The minimum absolute atomic E-state index is 0.0948. The van der Waals surface area contributed by atoms with Crippen molar-refractivity contribution in [1.82, 2.24) is 10.2 Å². The summed E-state index contributed by atoms with van der Waals surface area (Å²) >= 11 is 0. The number of amides is 3. The van der Waals surface area contributed by atoms with Crippen molar-refractivity contribution in [1.29, 1.82) is 0 Å². The van der Waals surface area contributed by atoms with Gasteiger partial charge in [0.15, 0.2) is 0 Å². The molecule has 6 nitrogen and oxygen atoms in total. The maximum absolute atomic E-state index is 11.7. The summed E-state index contributed by atoms with van der Waals surface area (Å²) in [6, 6.07) is -0.155. The molecule has 0 aromatic rings.